The first-order chi connectivity index (χ1) is 7.43. The van der Waals surface area contributed by atoms with Crippen LogP contribution >= 0.6 is 0 Å². The van der Waals surface area contributed by atoms with E-state index in [2.05, 4.69) is 4.72 Å². The average Bonchev–Trinajstić information content (AvgIpc) is 2.45. The summed E-state index contributed by atoms with van der Waals surface area (Å²) in [6.45, 7) is 4.38. The van der Waals surface area contributed by atoms with E-state index >= 15 is 0 Å². The number of carbonyl (C=O) groups is 1. The smallest absolute Gasteiger partial charge is 0.274 e. The average molecular weight is 248 g/mol. The number of amides is 1. The Kier molecular flexibility index (Phi) is 4.73. The van der Waals surface area contributed by atoms with Crippen molar-refractivity contribution in [3.63, 3.8) is 0 Å². The molecule has 1 aliphatic rings. The molecule has 0 aliphatic carbocycles. The normalized spacial score (nSPS) is 19.4. The summed E-state index contributed by atoms with van der Waals surface area (Å²) in [6, 6.07) is 0. The van der Waals surface area contributed by atoms with Crippen LogP contribution in [-0.2, 0) is 15.0 Å². The molecule has 1 N–H and O–H groups in total. The van der Waals surface area contributed by atoms with Crippen LogP contribution in [0.25, 0.3) is 0 Å². The number of nitrogens with zero attached hydrogens (tertiary/aromatic N) is 1. The zero-order chi connectivity index (χ0) is 12.2. The molecular weight excluding hydrogens is 228 g/mol. The van der Waals surface area contributed by atoms with Crippen molar-refractivity contribution in [3.8, 4) is 0 Å². The summed E-state index contributed by atoms with van der Waals surface area (Å²) >= 11 is 0. The Morgan fingerprint density at radius 2 is 1.62 bits per heavy atom. The second-order valence-corrected chi connectivity index (χ2v) is 6.11. The van der Waals surface area contributed by atoms with Crippen LogP contribution in [0.3, 0.4) is 0 Å². The van der Waals surface area contributed by atoms with Crippen LogP contribution in [0.1, 0.15) is 39.5 Å². The summed E-state index contributed by atoms with van der Waals surface area (Å²) in [5.41, 5.74) is 0. The van der Waals surface area contributed by atoms with Gasteiger partial charge >= 0.3 is 10.2 Å². The van der Waals surface area contributed by atoms with Gasteiger partial charge in [0.25, 0.3) is 0 Å². The second kappa shape index (κ2) is 5.63. The van der Waals surface area contributed by atoms with Crippen LogP contribution in [0, 0.1) is 5.92 Å². The molecule has 0 unspecified atom stereocenters. The lowest BCUT2D eigenvalue weighted by Gasteiger charge is -2.20. The molecule has 0 spiro atoms. The molecular formula is C10H20N2O3S. The molecule has 0 bridgehead atoms. The molecule has 5 nitrogen and oxygen atoms in total. The molecule has 1 amide bonds. The summed E-state index contributed by atoms with van der Waals surface area (Å²) < 4.78 is 27.2. The van der Waals surface area contributed by atoms with Gasteiger partial charge in [-0.2, -0.15) is 12.7 Å². The summed E-state index contributed by atoms with van der Waals surface area (Å²) in [5.74, 6) is -0.758. The van der Waals surface area contributed by atoms with Crippen molar-refractivity contribution in [1.29, 1.82) is 0 Å². The van der Waals surface area contributed by atoms with Crippen LogP contribution in [0.2, 0.25) is 0 Å². The van der Waals surface area contributed by atoms with Crippen LogP contribution in [0.5, 0.6) is 0 Å². The first-order valence-corrected chi connectivity index (χ1v) is 7.19. The molecule has 1 rings (SSSR count). The van der Waals surface area contributed by atoms with Gasteiger partial charge in [-0.05, 0) is 12.8 Å². The monoisotopic (exact) mass is 248 g/mol. The zero-order valence-corrected chi connectivity index (χ0v) is 10.7. The highest BCUT2D eigenvalue weighted by molar-refractivity contribution is 7.87. The zero-order valence-electron chi connectivity index (χ0n) is 9.90. The molecule has 16 heavy (non-hydrogen) atoms. The van der Waals surface area contributed by atoms with E-state index < -0.39 is 16.1 Å². The molecule has 0 aromatic carbocycles. The van der Waals surface area contributed by atoms with Crippen molar-refractivity contribution in [2.75, 3.05) is 13.1 Å². The minimum atomic E-state index is -3.62. The minimum Gasteiger partial charge on any atom is -0.274 e. The molecule has 0 radical (unpaired) electrons. The van der Waals surface area contributed by atoms with E-state index in [-0.39, 0.29) is 5.92 Å². The highest BCUT2D eigenvalue weighted by atomic mass is 32.2. The van der Waals surface area contributed by atoms with Crippen molar-refractivity contribution in [2.45, 2.75) is 39.5 Å². The van der Waals surface area contributed by atoms with Crippen LogP contribution in [-0.4, -0.2) is 31.7 Å². The molecule has 0 atom stereocenters. The number of carbonyl (C=O) groups excluding carboxylic acids is 1. The fourth-order valence-corrected chi connectivity index (χ4v) is 2.95. The van der Waals surface area contributed by atoms with Crippen LogP contribution in [0.4, 0.5) is 0 Å². The third kappa shape index (κ3) is 3.75. The van der Waals surface area contributed by atoms with Crippen LogP contribution in [0.15, 0.2) is 0 Å². The van der Waals surface area contributed by atoms with E-state index in [4.69, 9.17) is 0 Å². The van der Waals surface area contributed by atoms with Gasteiger partial charge in [-0.1, -0.05) is 26.7 Å². The minimum absolute atomic E-state index is 0.318. The van der Waals surface area contributed by atoms with Crippen molar-refractivity contribution in [2.24, 2.45) is 5.92 Å². The molecule has 6 heteroatoms. The van der Waals surface area contributed by atoms with E-state index in [0.29, 0.717) is 13.1 Å². The number of hydrogen-bond donors (Lipinski definition) is 1. The fraction of sp³-hybridized carbons (Fsp3) is 0.900. The molecule has 0 aromatic rings. The first-order valence-electron chi connectivity index (χ1n) is 5.75. The number of nitrogens with one attached hydrogen (secondary N) is 1. The van der Waals surface area contributed by atoms with Gasteiger partial charge in [0.2, 0.25) is 5.91 Å². The van der Waals surface area contributed by atoms with Gasteiger partial charge in [-0.15, -0.1) is 0 Å². The molecule has 1 saturated heterocycles. The Morgan fingerprint density at radius 1 is 1.12 bits per heavy atom. The second-order valence-electron chi connectivity index (χ2n) is 4.44. The van der Waals surface area contributed by atoms with Gasteiger partial charge in [0.05, 0.1) is 0 Å². The van der Waals surface area contributed by atoms with Gasteiger partial charge < -0.3 is 0 Å². The quantitative estimate of drug-likeness (QED) is 0.806. The van der Waals surface area contributed by atoms with E-state index in [0.717, 1.165) is 25.7 Å². The third-order valence-corrected chi connectivity index (χ3v) is 4.16. The lowest BCUT2D eigenvalue weighted by atomic mass is 10.2. The maximum Gasteiger partial charge on any atom is 0.303 e. The fourth-order valence-electron chi connectivity index (χ4n) is 1.59. The topological polar surface area (TPSA) is 66.5 Å². The summed E-state index contributed by atoms with van der Waals surface area (Å²) in [6.07, 6.45) is 3.86. The molecule has 1 fully saturated rings. The first kappa shape index (κ1) is 13.4. The van der Waals surface area contributed by atoms with Crippen molar-refractivity contribution in [3.05, 3.63) is 0 Å². The van der Waals surface area contributed by atoms with Gasteiger partial charge in [-0.3, -0.25) is 4.79 Å². The van der Waals surface area contributed by atoms with Gasteiger partial charge in [0.15, 0.2) is 0 Å². The Hall–Kier alpha value is -0.620. The SMILES string of the molecule is CC(C)C(=O)NS(=O)(=O)N1CCCCCC1. The van der Waals surface area contributed by atoms with Crippen molar-refractivity contribution < 1.29 is 13.2 Å². The summed E-state index contributed by atoms with van der Waals surface area (Å²) in [7, 11) is -3.62. The highest BCUT2D eigenvalue weighted by Gasteiger charge is 2.25. The largest absolute Gasteiger partial charge is 0.303 e. The highest BCUT2D eigenvalue weighted by Crippen LogP contribution is 2.12. The van der Waals surface area contributed by atoms with E-state index in [1.165, 1.54) is 4.31 Å². The van der Waals surface area contributed by atoms with Gasteiger partial charge in [0, 0.05) is 19.0 Å². The van der Waals surface area contributed by atoms with Gasteiger partial charge in [0.1, 0.15) is 0 Å². The maximum absolute atomic E-state index is 11.8. The predicted octanol–water partition coefficient (Wildman–Crippen LogP) is 0.879. The molecule has 0 saturated carbocycles. The van der Waals surface area contributed by atoms with E-state index in [1.54, 1.807) is 13.8 Å². The van der Waals surface area contributed by atoms with Crippen LogP contribution < -0.4 is 4.72 Å². The van der Waals surface area contributed by atoms with Crippen molar-refractivity contribution >= 4 is 16.1 Å². The van der Waals surface area contributed by atoms with E-state index in [9.17, 15) is 13.2 Å². The Balaban J connectivity index is 2.65. The Labute approximate surface area is 97.4 Å². The lowest BCUT2D eigenvalue weighted by molar-refractivity contribution is -0.122. The lowest BCUT2D eigenvalue weighted by Crippen LogP contribution is -2.45. The molecule has 1 aliphatic heterocycles. The summed E-state index contributed by atoms with van der Waals surface area (Å²) in [5, 5.41) is 0. The predicted molar refractivity (Wildman–Crippen MR) is 61.9 cm³/mol. The maximum atomic E-state index is 11.8. The molecule has 0 aromatic heterocycles. The van der Waals surface area contributed by atoms with Crippen molar-refractivity contribution in [1.82, 2.24) is 9.03 Å². The number of hydrogen-bond acceptors (Lipinski definition) is 3. The Bertz CT molecular complexity index is 330. The van der Waals surface area contributed by atoms with Gasteiger partial charge in [-0.25, -0.2) is 4.72 Å². The number of rotatable bonds is 3. The molecule has 94 valence electrons. The third-order valence-electron chi connectivity index (χ3n) is 2.66. The molecule has 1 heterocycles. The standard InChI is InChI=1S/C10H20N2O3S/c1-9(2)10(13)11-16(14,15)12-7-5-3-4-6-8-12/h9H,3-8H2,1-2H3,(H,11,13). The van der Waals surface area contributed by atoms with E-state index in [1.807, 2.05) is 0 Å². The Morgan fingerprint density at radius 3 is 2.06 bits per heavy atom. The summed E-state index contributed by atoms with van der Waals surface area (Å²) in [4.78, 5) is 11.4.